The molecule has 1 saturated carbocycles. The molecule has 5 heteroatoms. The number of benzene rings is 1. The van der Waals surface area contributed by atoms with E-state index in [1.807, 2.05) is 11.0 Å². The summed E-state index contributed by atoms with van der Waals surface area (Å²) in [4.78, 5) is 29.7. The van der Waals surface area contributed by atoms with Crippen LogP contribution in [0.15, 0.2) is 18.2 Å². The summed E-state index contributed by atoms with van der Waals surface area (Å²) in [5.41, 5.74) is 2.06. The van der Waals surface area contributed by atoms with Crippen molar-refractivity contribution in [3.63, 3.8) is 0 Å². The summed E-state index contributed by atoms with van der Waals surface area (Å²) in [5, 5.41) is 9.85. The Balaban J connectivity index is 1.74. The second-order valence-corrected chi connectivity index (χ2v) is 7.98. The van der Waals surface area contributed by atoms with E-state index in [9.17, 15) is 14.7 Å². The van der Waals surface area contributed by atoms with Gasteiger partial charge in [-0.2, -0.15) is 0 Å². The van der Waals surface area contributed by atoms with Crippen molar-refractivity contribution in [1.82, 2.24) is 9.80 Å². The fourth-order valence-electron chi connectivity index (χ4n) is 4.90. The molecule has 3 aliphatic rings. The number of carbonyl (C=O) groups excluding carboxylic acids is 2. The third kappa shape index (κ3) is 2.52. The first-order valence-corrected chi connectivity index (χ1v) is 9.46. The first-order chi connectivity index (χ1) is 12.0. The van der Waals surface area contributed by atoms with Gasteiger partial charge in [-0.25, -0.2) is 4.79 Å². The molecule has 1 aliphatic carbocycles. The molecule has 4 rings (SSSR count). The van der Waals surface area contributed by atoms with Crippen molar-refractivity contribution in [2.24, 2.45) is 5.92 Å². The normalized spacial score (nSPS) is 27.0. The van der Waals surface area contributed by atoms with Crippen molar-refractivity contribution in [2.45, 2.75) is 70.5 Å². The molecule has 5 nitrogen and oxygen atoms in total. The first-order valence-electron chi connectivity index (χ1n) is 9.46. The standard InChI is InChI=1S/C20H26N2O3/c1-12(2)18-16-9-8-15(23)10-13(16)11-17-19(24)21(20(25)22(17)18)14-6-4-3-5-7-14/h8-10,12,14,17-18,23H,3-7,11H2,1-2H3/t17-,18+/m0/s1. The summed E-state index contributed by atoms with van der Waals surface area (Å²) >= 11 is 0. The van der Waals surface area contributed by atoms with Gasteiger partial charge >= 0.3 is 6.03 Å². The summed E-state index contributed by atoms with van der Waals surface area (Å²) in [5.74, 6) is 0.376. The molecule has 25 heavy (non-hydrogen) atoms. The van der Waals surface area contributed by atoms with Crippen molar-refractivity contribution >= 4 is 11.9 Å². The minimum absolute atomic E-state index is 0.0449. The molecule has 1 aromatic rings. The summed E-state index contributed by atoms with van der Waals surface area (Å²) in [6, 6.07) is 4.75. The molecule has 134 valence electrons. The van der Waals surface area contributed by atoms with Crippen LogP contribution in [0.25, 0.3) is 0 Å². The zero-order chi connectivity index (χ0) is 17.7. The van der Waals surface area contributed by atoms with Gasteiger partial charge in [0.15, 0.2) is 0 Å². The number of carbonyl (C=O) groups is 2. The van der Waals surface area contributed by atoms with Gasteiger partial charge in [0.25, 0.3) is 5.91 Å². The third-order valence-corrected chi connectivity index (χ3v) is 6.01. The van der Waals surface area contributed by atoms with E-state index < -0.39 is 6.04 Å². The van der Waals surface area contributed by atoms with Crippen LogP contribution in [0.1, 0.15) is 63.1 Å². The maximum Gasteiger partial charge on any atom is 0.328 e. The smallest absolute Gasteiger partial charge is 0.328 e. The lowest BCUT2D eigenvalue weighted by molar-refractivity contribution is -0.130. The monoisotopic (exact) mass is 342 g/mol. The fourth-order valence-corrected chi connectivity index (χ4v) is 4.90. The lowest BCUT2D eigenvalue weighted by Crippen LogP contribution is -2.45. The SMILES string of the molecule is CC(C)[C@@H]1c2ccc(O)cc2C[C@H]2C(=O)N(C3CCCCC3)C(=O)N21. The van der Waals surface area contributed by atoms with Crippen LogP contribution in [0.4, 0.5) is 4.79 Å². The molecule has 0 unspecified atom stereocenters. The van der Waals surface area contributed by atoms with Crippen LogP contribution in [0.3, 0.4) is 0 Å². The first kappa shape index (κ1) is 16.4. The summed E-state index contributed by atoms with van der Waals surface area (Å²) in [6.45, 7) is 4.18. The molecular weight excluding hydrogens is 316 g/mol. The van der Waals surface area contributed by atoms with E-state index in [1.54, 1.807) is 17.0 Å². The molecule has 2 heterocycles. The molecule has 0 aromatic heterocycles. The number of rotatable bonds is 2. The predicted molar refractivity (Wildman–Crippen MR) is 94.1 cm³/mol. The predicted octanol–water partition coefficient (Wildman–Crippen LogP) is 3.61. The van der Waals surface area contributed by atoms with Gasteiger partial charge in [0.2, 0.25) is 0 Å². The lowest BCUT2D eigenvalue weighted by Gasteiger charge is -2.39. The molecule has 1 N–H and O–H groups in total. The van der Waals surface area contributed by atoms with Crippen LogP contribution in [0.2, 0.25) is 0 Å². The van der Waals surface area contributed by atoms with Crippen LogP contribution in [-0.2, 0) is 11.2 Å². The van der Waals surface area contributed by atoms with Gasteiger partial charge in [-0.3, -0.25) is 9.69 Å². The highest BCUT2D eigenvalue weighted by Gasteiger charge is 2.53. The van der Waals surface area contributed by atoms with E-state index in [0.29, 0.717) is 6.42 Å². The van der Waals surface area contributed by atoms with Crippen molar-refractivity contribution in [2.75, 3.05) is 0 Å². The quantitative estimate of drug-likeness (QED) is 0.835. The van der Waals surface area contributed by atoms with Crippen molar-refractivity contribution in [3.05, 3.63) is 29.3 Å². The number of phenols is 1. The van der Waals surface area contributed by atoms with Gasteiger partial charge in [-0.15, -0.1) is 0 Å². The molecule has 2 aliphatic heterocycles. The highest BCUT2D eigenvalue weighted by Crippen LogP contribution is 2.44. The van der Waals surface area contributed by atoms with Crippen molar-refractivity contribution in [3.8, 4) is 5.75 Å². The Bertz CT molecular complexity index is 709. The van der Waals surface area contributed by atoms with E-state index in [2.05, 4.69) is 13.8 Å². The Hall–Kier alpha value is -2.04. The number of imide groups is 1. The minimum atomic E-state index is -0.420. The largest absolute Gasteiger partial charge is 0.508 e. The Labute approximate surface area is 148 Å². The third-order valence-electron chi connectivity index (χ3n) is 6.01. The second-order valence-electron chi connectivity index (χ2n) is 7.98. The topological polar surface area (TPSA) is 60.9 Å². The van der Waals surface area contributed by atoms with Gasteiger partial charge in [0.1, 0.15) is 11.8 Å². The van der Waals surface area contributed by atoms with Gasteiger partial charge < -0.3 is 10.0 Å². The van der Waals surface area contributed by atoms with E-state index >= 15 is 0 Å². The zero-order valence-electron chi connectivity index (χ0n) is 14.9. The zero-order valence-corrected chi connectivity index (χ0v) is 14.9. The Kier molecular flexibility index (Phi) is 3.97. The van der Waals surface area contributed by atoms with E-state index in [0.717, 1.165) is 36.8 Å². The molecule has 1 saturated heterocycles. The Morgan fingerprint density at radius 3 is 2.52 bits per heavy atom. The van der Waals surface area contributed by atoms with Crippen LogP contribution >= 0.6 is 0 Å². The Morgan fingerprint density at radius 2 is 1.84 bits per heavy atom. The molecule has 3 amide bonds. The van der Waals surface area contributed by atoms with Crippen LogP contribution in [-0.4, -0.2) is 38.9 Å². The molecule has 2 atom stereocenters. The summed E-state index contributed by atoms with van der Waals surface area (Å²) in [7, 11) is 0. The van der Waals surface area contributed by atoms with E-state index in [1.165, 1.54) is 6.42 Å². The second kappa shape index (κ2) is 6.04. The maximum absolute atomic E-state index is 13.2. The number of phenolic OH excluding ortho intramolecular Hbond substituents is 1. The molecule has 0 bridgehead atoms. The average Bonchev–Trinajstić information content (AvgIpc) is 2.84. The molecule has 2 fully saturated rings. The number of urea groups is 1. The minimum Gasteiger partial charge on any atom is -0.508 e. The highest BCUT2D eigenvalue weighted by atomic mass is 16.3. The van der Waals surface area contributed by atoms with Crippen LogP contribution in [0, 0.1) is 5.92 Å². The van der Waals surface area contributed by atoms with Gasteiger partial charge in [-0.05, 0) is 42.0 Å². The number of amides is 3. The molecular formula is C20H26N2O3. The molecule has 0 radical (unpaired) electrons. The van der Waals surface area contributed by atoms with Gasteiger partial charge in [0.05, 0.1) is 6.04 Å². The highest BCUT2D eigenvalue weighted by molar-refractivity contribution is 6.05. The Morgan fingerprint density at radius 1 is 1.12 bits per heavy atom. The number of nitrogens with zero attached hydrogens (tertiary/aromatic N) is 2. The van der Waals surface area contributed by atoms with E-state index in [4.69, 9.17) is 0 Å². The van der Waals surface area contributed by atoms with Crippen LogP contribution < -0.4 is 0 Å². The molecule has 0 spiro atoms. The lowest BCUT2D eigenvalue weighted by atomic mass is 9.83. The summed E-state index contributed by atoms with van der Waals surface area (Å²) < 4.78 is 0. The van der Waals surface area contributed by atoms with Gasteiger partial charge in [-0.1, -0.05) is 39.2 Å². The van der Waals surface area contributed by atoms with Crippen LogP contribution in [0.5, 0.6) is 5.75 Å². The van der Waals surface area contributed by atoms with Gasteiger partial charge in [0, 0.05) is 12.5 Å². The van der Waals surface area contributed by atoms with Crippen molar-refractivity contribution in [1.29, 1.82) is 0 Å². The number of hydrogen-bond donors (Lipinski definition) is 1. The average molecular weight is 342 g/mol. The fraction of sp³-hybridized carbons (Fsp3) is 0.600. The number of fused-ring (bicyclic) bond motifs is 2. The van der Waals surface area contributed by atoms with Crippen molar-refractivity contribution < 1.29 is 14.7 Å². The van der Waals surface area contributed by atoms with E-state index in [-0.39, 0.29) is 35.7 Å². The number of aromatic hydroxyl groups is 1. The maximum atomic E-state index is 13.2. The summed E-state index contributed by atoms with van der Waals surface area (Å²) in [6.07, 6.45) is 5.73. The number of hydrogen-bond acceptors (Lipinski definition) is 3. The molecule has 1 aromatic carbocycles.